The first kappa shape index (κ1) is 19.1. The Morgan fingerprint density at radius 3 is 2.41 bits per heavy atom. The zero-order chi connectivity index (χ0) is 20.4. The summed E-state index contributed by atoms with van der Waals surface area (Å²) in [5, 5.41) is 3.44. The quantitative estimate of drug-likeness (QED) is 0.624. The second kappa shape index (κ2) is 8.01. The van der Waals surface area contributed by atoms with Crippen molar-refractivity contribution < 1.29 is 9.53 Å². The van der Waals surface area contributed by atoms with Gasteiger partial charge in [0, 0.05) is 17.1 Å². The summed E-state index contributed by atoms with van der Waals surface area (Å²) in [5.74, 6) is 0.669. The molecule has 0 aliphatic carbocycles. The summed E-state index contributed by atoms with van der Waals surface area (Å²) in [6.07, 6.45) is 1.90. The first-order valence-electron chi connectivity index (χ1n) is 9.22. The molecule has 0 unspecified atom stereocenters. The van der Waals surface area contributed by atoms with Gasteiger partial charge in [0.2, 0.25) is 0 Å². The molecule has 1 aliphatic heterocycles. The molecule has 0 bridgehead atoms. The Hall–Kier alpha value is -3.25. The average Bonchev–Trinajstić information content (AvgIpc) is 3.26. The molecule has 2 aromatic carbocycles. The third-order valence-electron chi connectivity index (χ3n) is 4.63. The molecule has 0 saturated carbocycles. The molecule has 3 aromatic rings. The molecule has 0 atom stereocenters. The fourth-order valence-corrected chi connectivity index (χ4v) is 3.93. The fourth-order valence-electron chi connectivity index (χ4n) is 3.11. The first-order chi connectivity index (χ1) is 14.0. The Labute approximate surface area is 174 Å². The van der Waals surface area contributed by atoms with Crippen LogP contribution in [0.4, 0.5) is 5.69 Å². The van der Waals surface area contributed by atoms with Crippen molar-refractivity contribution in [3.05, 3.63) is 82.5 Å². The van der Waals surface area contributed by atoms with Gasteiger partial charge in [0.15, 0.2) is 5.17 Å². The van der Waals surface area contributed by atoms with E-state index in [2.05, 4.69) is 14.9 Å². The van der Waals surface area contributed by atoms with Crippen LogP contribution in [0.25, 0.3) is 11.8 Å². The van der Waals surface area contributed by atoms with Gasteiger partial charge in [0.1, 0.15) is 5.75 Å². The van der Waals surface area contributed by atoms with E-state index in [0.29, 0.717) is 10.1 Å². The van der Waals surface area contributed by atoms with Gasteiger partial charge in [0.25, 0.3) is 5.91 Å². The highest BCUT2D eigenvalue weighted by Crippen LogP contribution is 2.29. The lowest BCUT2D eigenvalue weighted by molar-refractivity contribution is -0.115. The topological polar surface area (TPSA) is 55.6 Å². The molecule has 0 radical (unpaired) electrons. The summed E-state index contributed by atoms with van der Waals surface area (Å²) < 4.78 is 7.35. The Morgan fingerprint density at radius 1 is 1.00 bits per heavy atom. The van der Waals surface area contributed by atoms with E-state index in [0.717, 1.165) is 28.5 Å². The highest BCUT2D eigenvalue weighted by molar-refractivity contribution is 8.18. The van der Waals surface area contributed by atoms with E-state index in [4.69, 9.17) is 4.74 Å². The van der Waals surface area contributed by atoms with Crippen LogP contribution in [-0.2, 0) is 4.79 Å². The van der Waals surface area contributed by atoms with Crippen LogP contribution in [0.2, 0.25) is 0 Å². The molecule has 5 nitrogen and oxygen atoms in total. The lowest BCUT2D eigenvalue weighted by atomic mass is 10.2. The van der Waals surface area contributed by atoms with Gasteiger partial charge in [-0.2, -0.15) is 0 Å². The van der Waals surface area contributed by atoms with Gasteiger partial charge in [-0.1, -0.05) is 17.7 Å². The molecule has 1 fully saturated rings. The zero-order valence-corrected chi connectivity index (χ0v) is 17.3. The highest BCUT2D eigenvalue weighted by atomic mass is 32.2. The van der Waals surface area contributed by atoms with Crippen LogP contribution in [0.15, 0.2) is 70.6 Å². The van der Waals surface area contributed by atoms with E-state index in [1.807, 2.05) is 80.6 Å². The predicted molar refractivity (Wildman–Crippen MR) is 119 cm³/mol. The number of amidine groups is 1. The van der Waals surface area contributed by atoms with Gasteiger partial charge >= 0.3 is 0 Å². The van der Waals surface area contributed by atoms with E-state index in [9.17, 15) is 4.79 Å². The molecule has 1 aliphatic rings. The minimum absolute atomic E-state index is 0.138. The summed E-state index contributed by atoms with van der Waals surface area (Å²) in [6, 6.07) is 19.8. The van der Waals surface area contributed by atoms with Gasteiger partial charge in [-0.25, -0.2) is 4.99 Å². The van der Waals surface area contributed by atoms with Crippen molar-refractivity contribution >= 4 is 34.6 Å². The smallest absolute Gasteiger partial charge is 0.264 e. The minimum Gasteiger partial charge on any atom is -0.497 e. The summed E-state index contributed by atoms with van der Waals surface area (Å²) >= 11 is 1.35. The second-order valence-corrected chi connectivity index (χ2v) is 7.78. The van der Waals surface area contributed by atoms with Gasteiger partial charge in [-0.15, -0.1) is 0 Å². The number of thioether (sulfide) groups is 1. The molecule has 6 heteroatoms. The molecular formula is C23H21N3O2S. The summed E-state index contributed by atoms with van der Waals surface area (Å²) in [6.45, 7) is 4.07. The molecule has 1 saturated heterocycles. The standard InChI is InChI=1S/C23H21N3O2S/c1-15-4-7-17(8-5-15)24-23-25-22(27)21(29-23)14-19-9-6-16(2)26(19)18-10-12-20(28-3)13-11-18/h4-14H,1-3H3,(H,24,25,27)/b21-14-. The van der Waals surface area contributed by atoms with Crippen molar-refractivity contribution in [1.29, 1.82) is 0 Å². The monoisotopic (exact) mass is 403 g/mol. The SMILES string of the molecule is COc1ccc(-n2c(C)ccc2/C=C2\SC(=Nc3ccc(C)cc3)NC2=O)cc1. The number of aromatic nitrogens is 1. The van der Waals surface area contributed by atoms with Crippen molar-refractivity contribution in [2.75, 3.05) is 7.11 Å². The van der Waals surface area contributed by atoms with Gasteiger partial charge in [-0.05, 0) is 80.2 Å². The van der Waals surface area contributed by atoms with Crippen molar-refractivity contribution in [2.45, 2.75) is 13.8 Å². The zero-order valence-electron chi connectivity index (χ0n) is 16.5. The number of methoxy groups -OCH3 is 1. The largest absolute Gasteiger partial charge is 0.497 e. The molecule has 4 rings (SSSR count). The number of carbonyl (C=O) groups is 1. The van der Waals surface area contributed by atoms with E-state index < -0.39 is 0 Å². The molecule has 29 heavy (non-hydrogen) atoms. The number of aryl methyl sites for hydroxylation is 2. The number of hydrogen-bond donors (Lipinski definition) is 1. The number of amides is 1. The minimum atomic E-state index is -0.138. The lowest BCUT2D eigenvalue weighted by Gasteiger charge is -2.10. The third-order valence-corrected chi connectivity index (χ3v) is 5.54. The summed E-state index contributed by atoms with van der Waals surface area (Å²) in [7, 11) is 1.65. The lowest BCUT2D eigenvalue weighted by Crippen LogP contribution is -2.19. The molecular weight excluding hydrogens is 382 g/mol. The second-order valence-electron chi connectivity index (χ2n) is 6.75. The number of nitrogens with zero attached hydrogens (tertiary/aromatic N) is 2. The van der Waals surface area contributed by atoms with Crippen molar-refractivity contribution in [3.8, 4) is 11.4 Å². The van der Waals surface area contributed by atoms with Crippen molar-refractivity contribution in [1.82, 2.24) is 9.88 Å². The van der Waals surface area contributed by atoms with E-state index >= 15 is 0 Å². The molecule has 2 heterocycles. The van der Waals surface area contributed by atoms with E-state index in [1.54, 1.807) is 7.11 Å². The number of aliphatic imine (C=N–C) groups is 1. The van der Waals surface area contributed by atoms with Gasteiger partial charge < -0.3 is 14.6 Å². The van der Waals surface area contributed by atoms with Crippen LogP contribution in [0.1, 0.15) is 17.0 Å². The van der Waals surface area contributed by atoms with Crippen LogP contribution in [0.3, 0.4) is 0 Å². The Kier molecular flexibility index (Phi) is 5.27. The number of nitrogens with one attached hydrogen (secondary N) is 1. The average molecular weight is 404 g/mol. The van der Waals surface area contributed by atoms with Crippen LogP contribution in [0.5, 0.6) is 5.75 Å². The summed E-state index contributed by atoms with van der Waals surface area (Å²) in [5.41, 5.74) is 5.02. The molecule has 1 aromatic heterocycles. The Balaban J connectivity index is 1.63. The van der Waals surface area contributed by atoms with Crippen LogP contribution in [0, 0.1) is 13.8 Å². The van der Waals surface area contributed by atoms with Gasteiger partial charge in [-0.3, -0.25) is 4.79 Å². The normalized spacial score (nSPS) is 16.4. The molecule has 0 spiro atoms. The van der Waals surface area contributed by atoms with E-state index in [1.165, 1.54) is 17.3 Å². The maximum absolute atomic E-state index is 12.5. The van der Waals surface area contributed by atoms with Gasteiger partial charge in [0.05, 0.1) is 17.7 Å². The highest BCUT2D eigenvalue weighted by Gasteiger charge is 2.24. The predicted octanol–water partition coefficient (Wildman–Crippen LogP) is 4.99. The third kappa shape index (κ3) is 4.12. The number of hydrogen-bond acceptors (Lipinski definition) is 4. The summed E-state index contributed by atoms with van der Waals surface area (Å²) in [4.78, 5) is 17.6. The Morgan fingerprint density at radius 2 is 1.72 bits per heavy atom. The molecule has 1 amide bonds. The Bertz CT molecular complexity index is 1110. The molecule has 1 N–H and O–H groups in total. The molecule has 146 valence electrons. The maximum atomic E-state index is 12.5. The number of carbonyl (C=O) groups excluding carboxylic acids is 1. The van der Waals surface area contributed by atoms with Crippen LogP contribution >= 0.6 is 11.8 Å². The van der Waals surface area contributed by atoms with Crippen LogP contribution < -0.4 is 10.1 Å². The van der Waals surface area contributed by atoms with E-state index in [-0.39, 0.29) is 5.91 Å². The number of benzene rings is 2. The number of rotatable bonds is 4. The number of ether oxygens (including phenoxy) is 1. The van der Waals surface area contributed by atoms with Crippen LogP contribution in [-0.4, -0.2) is 22.8 Å². The first-order valence-corrected chi connectivity index (χ1v) is 10.0. The fraction of sp³-hybridized carbons (Fsp3) is 0.130. The van der Waals surface area contributed by atoms with Crippen molar-refractivity contribution in [3.63, 3.8) is 0 Å². The van der Waals surface area contributed by atoms with Crippen molar-refractivity contribution in [2.24, 2.45) is 4.99 Å². The maximum Gasteiger partial charge on any atom is 0.264 e.